The molecule has 2 heterocycles. The van der Waals surface area contributed by atoms with E-state index in [2.05, 4.69) is 0 Å². The first-order chi connectivity index (χ1) is 13.3. The van der Waals surface area contributed by atoms with Crippen molar-refractivity contribution in [1.82, 2.24) is 4.90 Å². The number of aliphatic hydroxyl groups excluding tert-OH is 1. The lowest BCUT2D eigenvalue weighted by Gasteiger charge is -2.32. The zero-order valence-corrected chi connectivity index (χ0v) is 17.5. The van der Waals surface area contributed by atoms with E-state index < -0.39 is 35.2 Å². The molecular weight excluding hydrogens is 378 g/mol. The molecule has 0 fully saturated rings. The van der Waals surface area contributed by atoms with E-state index in [1.54, 1.807) is 59.8 Å². The lowest BCUT2D eigenvalue weighted by atomic mass is 10.0. The van der Waals surface area contributed by atoms with E-state index in [1.165, 1.54) is 11.1 Å². The summed E-state index contributed by atoms with van der Waals surface area (Å²) in [4.78, 5) is 38.8. The average molecular weight is 405 g/mol. The summed E-state index contributed by atoms with van der Waals surface area (Å²) >= 11 is 0. The monoisotopic (exact) mass is 405 g/mol. The molecule has 0 aromatic heterocycles. The van der Waals surface area contributed by atoms with Crippen LogP contribution in [-0.4, -0.2) is 51.8 Å². The van der Waals surface area contributed by atoms with Gasteiger partial charge in [-0.1, -0.05) is 12.2 Å². The van der Waals surface area contributed by atoms with Crippen molar-refractivity contribution in [2.45, 2.75) is 58.8 Å². The van der Waals surface area contributed by atoms with E-state index in [4.69, 9.17) is 14.2 Å². The number of carbonyl (C=O) groups excluding carboxylic acids is 3. The second-order valence-corrected chi connectivity index (χ2v) is 8.58. The van der Waals surface area contributed by atoms with E-state index in [-0.39, 0.29) is 23.6 Å². The Morgan fingerprint density at radius 2 is 1.76 bits per heavy atom. The average Bonchev–Trinajstić information content (AvgIpc) is 2.88. The Bertz CT molecular complexity index is 819. The van der Waals surface area contributed by atoms with Crippen molar-refractivity contribution in [3.8, 4) is 0 Å². The molecule has 0 bridgehead atoms. The maximum atomic E-state index is 12.9. The number of cyclic esters (lactones) is 1. The number of allylic oxidation sites excluding steroid dienone is 2. The van der Waals surface area contributed by atoms with E-state index in [0.29, 0.717) is 0 Å². The predicted molar refractivity (Wildman–Crippen MR) is 104 cm³/mol. The van der Waals surface area contributed by atoms with E-state index in [0.717, 1.165) is 6.08 Å². The fourth-order valence-corrected chi connectivity index (χ4v) is 2.67. The quantitative estimate of drug-likeness (QED) is 0.433. The number of rotatable bonds is 4. The van der Waals surface area contributed by atoms with Crippen LogP contribution in [0.3, 0.4) is 0 Å². The third kappa shape index (κ3) is 5.97. The minimum absolute atomic E-state index is 0.00996. The maximum absolute atomic E-state index is 12.9. The molecule has 1 atom stereocenters. The van der Waals surface area contributed by atoms with Crippen LogP contribution in [0, 0.1) is 0 Å². The summed E-state index contributed by atoms with van der Waals surface area (Å²) in [6.07, 6.45) is 7.42. The summed E-state index contributed by atoms with van der Waals surface area (Å²) in [5.41, 5.74) is -1.73. The van der Waals surface area contributed by atoms with Gasteiger partial charge in [0.25, 0.3) is 0 Å². The van der Waals surface area contributed by atoms with E-state index in [9.17, 15) is 19.5 Å². The minimum atomic E-state index is -0.851. The molecule has 0 amide bonds. The highest BCUT2D eigenvalue weighted by atomic mass is 16.6. The third-order valence-corrected chi connectivity index (χ3v) is 3.66. The van der Waals surface area contributed by atoms with Gasteiger partial charge < -0.3 is 24.2 Å². The lowest BCUT2D eigenvalue weighted by molar-refractivity contribution is -0.154. The summed E-state index contributed by atoms with van der Waals surface area (Å²) in [7, 11) is 0. The standard InChI is InChI=1S/C21H27NO7/c1-20(2,3)28-16(24)11-14(18(25)29-21(4,5)6)22-10-8-7-9-13(22)17-15(23)12-27-19(17)26/h7-11,13,23H,12H2,1-6H3/b14-11+. The van der Waals surface area contributed by atoms with E-state index in [1.807, 2.05) is 0 Å². The van der Waals surface area contributed by atoms with Gasteiger partial charge in [-0.2, -0.15) is 0 Å². The van der Waals surface area contributed by atoms with Crippen LogP contribution in [-0.2, 0) is 28.6 Å². The summed E-state index contributed by atoms with van der Waals surface area (Å²) in [6.45, 7) is 9.96. The van der Waals surface area contributed by atoms with Crippen LogP contribution < -0.4 is 0 Å². The van der Waals surface area contributed by atoms with Crippen molar-refractivity contribution in [3.05, 3.63) is 47.5 Å². The van der Waals surface area contributed by atoms with Gasteiger partial charge in [-0.25, -0.2) is 14.4 Å². The van der Waals surface area contributed by atoms with Crippen molar-refractivity contribution in [3.63, 3.8) is 0 Å². The van der Waals surface area contributed by atoms with Gasteiger partial charge in [0, 0.05) is 6.20 Å². The van der Waals surface area contributed by atoms with E-state index >= 15 is 0 Å². The first kappa shape index (κ1) is 22.3. The van der Waals surface area contributed by atoms with Crippen LogP contribution in [0.1, 0.15) is 41.5 Å². The van der Waals surface area contributed by atoms with Gasteiger partial charge in [-0.05, 0) is 47.6 Å². The minimum Gasteiger partial charge on any atom is -0.508 e. The van der Waals surface area contributed by atoms with Gasteiger partial charge in [0.2, 0.25) is 0 Å². The molecule has 8 heteroatoms. The topological polar surface area (TPSA) is 102 Å². The number of esters is 3. The molecule has 8 nitrogen and oxygen atoms in total. The fourth-order valence-electron chi connectivity index (χ4n) is 2.67. The highest BCUT2D eigenvalue weighted by Gasteiger charge is 2.37. The Hall–Kier alpha value is -3.03. The predicted octanol–water partition coefficient (Wildman–Crippen LogP) is 2.68. The maximum Gasteiger partial charge on any atom is 0.355 e. The SMILES string of the molecule is CC(C)(C)OC(=O)/C=C(\C(=O)OC(C)(C)C)N1C=CC=CC1C1=C(O)COC1=O. The van der Waals surface area contributed by atoms with Crippen molar-refractivity contribution in [2.75, 3.05) is 6.61 Å². The molecule has 0 saturated heterocycles. The van der Waals surface area contributed by atoms with Crippen LogP contribution in [0.4, 0.5) is 0 Å². The number of hydrogen-bond acceptors (Lipinski definition) is 8. The Labute approximate surface area is 170 Å². The molecule has 29 heavy (non-hydrogen) atoms. The number of nitrogens with zero attached hydrogens (tertiary/aromatic N) is 1. The summed E-state index contributed by atoms with van der Waals surface area (Å²) in [5, 5.41) is 10.1. The molecule has 0 aromatic rings. The van der Waals surface area contributed by atoms with Crippen LogP contribution in [0.2, 0.25) is 0 Å². The van der Waals surface area contributed by atoms with Crippen LogP contribution >= 0.6 is 0 Å². The molecule has 1 unspecified atom stereocenters. The van der Waals surface area contributed by atoms with Crippen molar-refractivity contribution < 1.29 is 33.7 Å². The zero-order chi connectivity index (χ0) is 22.0. The molecule has 0 aromatic carbocycles. The van der Waals surface area contributed by atoms with Crippen LogP contribution in [0.25, 0.3) is 0 Å². The van der Waals surface area contributed by atoms with Crippen LogP contribution in [0.5, 0.6) is 0 Å². The Morgan fingerprint density at radius 3 is 2.28 bits per heavy atom. The number of hydrogen-bond donors (Lipinski definition) is 1. The zero-order valence-electron chi connectivity index (χ0n) is 17.5. The normalized spacial score (nSPS) is 20.1. The van der Waals surface area contributed by atoms with Crippen molar-refractivity contribution >= 4 is 17.9 Å². The molecule has 0 radical (unpaired) electrons. The highest BCUT2D eigenvalue weighted by Crippen LogP contribution is 2.29. The van der Waals surface area contributed by atoms with Gasteiger partial charge in [0.15, 0.2) is 0 Å². The van der Waals surface area contributed by atoms with Gasteiger partial charge >= 0.3 is 17.9 Å². The van der Waals surface area contributed by atoms with Gasteiger partial charge in [-0.15, -0.1) is 0 Å². The molecule has 1 N–H and O–H groups in total. The largest absolute Gasteiger partial charge is 0.508 e. The molecule has 0 spiro atoms. The highest BCUT2D eigenvalue weighted by molar-refractivity contribution is 5.98. The first-order valence-corrected chi connectivity index (χ1v) is 9.19. The smallest absolute Gasteiger partial charge is 0.355 e. The molecule has 2 aliphatic rings. The summed E-state index contributed by atoms with van der Waals surface area (Å²) in [5.74, 6) is -2.45. The first-order valence-electron chi connectivity index (χ1n) is 9.19. The summed E-state index contributed by atoms with van der Waals surface area (Å²) in [6, 6.07) is -0.851. The van der Waals surface area contributed by atoms with Crippen molar-refractivity contribution in [1.29, 1.82) is 0 Å². The molecule has 2 aliphatic heterocycles. The molecule has 158 valence electrons. The third-order valence-electron chi connectivity index (χ3n) is 3.66. The Morgan fingerprint density at radius 1 is 1.14 bits per heavy atom. The number of aliphatic hydroxyl groups is 1. The molecule has 0 aliphatic carbocycles. The van der Waals surface area contributed by atoms with Crippen molar-refractivity contribution in [2.24, 2.45) is 0 Å². The molecule has 0 saturated carbocycles. The summed E-state index contributed by atoms with van der Waals surface area (Å²) < 4.78 is 15.6. The number of carbonyl (C=O) groups is 3. The second-order valence-electron chi connectivity index (χ2n) is 8.58. The fraction of sp³-hybridized carbons (Fsp3) is 0.476. The Kier molecular flexibility index (Phi) is 6.25. The number of ether oxygens (including phenoxy) is 3. The van der Waals surface area contributed by atoms with Crippen LogP contribution in [0.15, 0.2) is 47.5 Å². The molecular formula is C21H27NO7. The van der Waals surface area contributed by atoms with Gasteiger partial charge in [0.1, 0.15) is 34.8 Å². The lowest BCUT2D eigenvalue weighted by Crippen LogP contribution is -2.39. The second kappa shape index (κ2) is 8.14. The van der Waals surface area contributed by atoms with Gasteiger partial charge in [-0.3, -0.25) is 0 Å². The molecule has 2 rings (SSSR count). The Balaban J connectivity index is 2.48. The van der Waals surface area contributed by atoms with Gasteiger partial charge in [0.05, 0.1) is 12.1 Å².